The highest BCUT2D eigenvalue weighted by Crippen LogP contribution is 2.27. The number of halogens is 1. The monoisotopic (exact) mass is 297 g/mol. The van der Waals surface area contributed by atoms with E-state index in [1.807, 2.05) is 14.0 Å². The highest BCUT2D eigenvalue weighted by molar-refractivity contribution is 9.10. The van der Waals surface area contributed by atoms with Crippen molar-refractivity contribution in [2.24, 2.45) is 7.05 Å². The van der Waals surface area contributed by atoms with E-state index >= 15 is 0 Å². The lowest BCUT2D eigenvalue weighted by Gasteiger charge is -2.15. The normalized spacial score (nSPS) is 12.4. The fourth-order valence-corrected chi connectivity index (χ4v) is 1.75. The minimum Gasteiger partial charge on any atom is -0.480 e. The first kappa shape index (κ1) is 11.8. The average molecular weight is 298 g/mol. The Kier molecular flexibility index (Phi) is 3.28. The molecule has 0 saturated carbocycles. The highest BCUT2D eigenvalue weighted by Gasteiger charge is 2.14. The summed E-state index contributed by atoms with van der Waals surface area (Å²) in [4.78, 5) is 4.00. The minimum atomic E-state index is -0.201. The van der Waals surface area contributed by atoms with Crippen molar-refractivity contribution in [1.82, 2.24) is 20.0 Å². The molecule has 0 unspecified atom stereocenters. The number of nitrogens with two attached hydrogens (primary N) is 1. The third-order valence-corrected chi connectivity index (χ3v) is 2.75. The van der Waals surface area contributed by atoms with Crippen LogP contribution >= 0.6 is 15.9 Å². The lowest BCUT2D eigenvalue weighted by molar-refractivity contribution is 0.217. The van der Waals surface area contributed by atoms with Gasteiger partial charge in [-0.05, 0) is 28.9 Å². The van der Waals surface area contributed by atoms with E-state index in [0.29, 0.717) is 11.6 Å². The zero-order chi connectivity index (χ0) is 12.4. The van der Waals surface area contributed by atoms with Crippen molar-refractivity contribution >= 4 is 21.7 Å². The molecule has 0 spiro atoms. The third-order valence-electron chi connectivity index (χ3n) is 2.32. The van der Waals surface area contributed by atoms with Gasteiger partial charge in [0.15, 0.2) is 11.6 Å². The fraction of sp³-hybridized carbons (Fsp3) is 0.300. The molecule has 7 heteroatoms. The van der Waals surface area contributed by atoms with E-state index in [1.54, 1.807) is 23.1 Å². The minimum absolute atomic E-state index is 0.201. The summed E-state index contributed by atoms with van der Waals surface area (Å²) in [5.41, 5.74) is 6.60. The largest absolute Gasteiger partial charge is 0.480 e. The second kappa shape index (κ2) is 4.70. The van der Waals surface area contributed by atoms with Crippen LogP contribution in [0.2, 0.25) is 0 Å². The van der Waals surface area contributed by atoms with Gasteiger partial charge in [0, 0.05) is 17.7 Å². The summed E-state index contributed by atoms with van der Waals surface area (Å²) in [6, 6.07) is 1.78. The van der Waals surface area contributed by atoms with Gasteiger partial charge in [0.2, 0.25) is 0 Å². The van der Waals surface area contributed by atoms with E-state index in [0.717, 1.165) is 10.2 Å². The molecule has 0 aliphatic carbocycles. The molecule has 0 aromatic carbocycles. The summed E-state index contributed by atoms with van der Waals surface area (Å²) in [6.07, 6.45) is 3.08. The zero-order valence-corrected chi connectivity index (χ0v) is 11.0. The molecule has 0 saturated heterocycles. The molecule has 0 aliphatic rings. The van der Waals surface area contributed by atoms with Crippen LogP contribution in [0.1, 0.15) is 18.7 Å². The molecule has 17 heavy (non-hydrogen) atoms. The van der Waals surface area contributed by atoms with E-state index in [-0.39, 0.29) is 6.10 Å². The highest BCUT2D eigenvalue weighted by atomic mass is 79.9. The first-order chi connectivity index (χ1) is 8.08. The van der Waals surface area contributed by atoms with Crippen molar-refractivity contribution in [1.29, 1.82) is 0 Å². The Hall–Kier alpha value is -1.63. The van der Waals surface area contributed by atoms with Gasteiger partial charge in [-0.15, -0.1) is 5.10 Å². The number of hydrogen-bond donors (Lipinski definition) is 1. The van der Waals surface area contributed by atoms with Gasteiger partial charge in [-0.2, -0.15) is 0 Å². The molecule has 2 N–H and O–H groups in total. The molecule has 6 nitrogen and oxygen atoms in total. The number of rotatable bonds is 3. The number of nitrogen functional groups attached to an aromatic ring is 1. The van der Waals surface area contributed by atoms with Crippen LogP contribution in [0, 0.1) is 0 Å². The Balaban J connectivity index is 2.21. The Morgan fingerprint density at radius 2 is 2.24 bits per heavy atom. The molecule has 2 aromatic rings. The zero-order valence-electron chi connectivity index (χ0n) is 9.46. The third kappa shape index (κ3) is 2.55. The Morgan fingerprint density at radius 1 is 1.47 bits per heavy atom. The van der Waals surface area contributed by atoms with Gasteiger partial charge in [-0.3, -0.25) is 0 Å². The van der Waals surface area contributed by atoms with Crippen molar-refractivity contribution in [3.05, 3.63) is 28.6 Å². The molecular weight excluding hydrogens is 286 g/mol. The van der Waals surface area contributed by atoms with Crippen LogP contribution in [0.4, 0.5) is 5.82 Å². The van der Waals surface area contributed by atoms with Crippen molar-refractivity contribution in [3.8, 4) is 5.75 Å². The molecule has 0 bridgehead atoms. The van der Waals surface area contributed by atoms with Crippen LogP contribution in [0.3, 0.4) is 0 Å². The second-order valence-corrected chi connectivity index (χ2v) is 4.50. The maximum atomic E-state index is 5.73. The predicted molar refractivity (Wildman–Crippen MR) is 66.4 cm³/mol. The van der Waals surface area contributed by atoms with E-state index in [9.17, 15) is 0 Å². The Bertz CT molecular complexity index is 527. The van der Waals surface area contributed by atoms with Gasteiger partial charge < -0.3 is 10.5 Å². The topological polar surface area (TPSA) is 78.8 Å². The molecule has 2 rings (SSSR count). The van der Waals surface area contributed by atoms with Gasteiger partial charge in [-0.1, -0.05) is 5.21 Å². The summed E-state index contributed by atoms with van der Waals surface area (Å²) in [6.45, 7) is 1.90. The van der Waals surface area contributed by atoms with Gasteiger partial charge in [0.1, 0.15) is 6.10 Å². The number of hydrogen-bond acceptors (Lipinski definition) is 5. The predicted octanol–water partition coefficient (Wildman–Crippen LogP) is 1.69. The quantitative estimate of drug-likeness (QED) is 0.933. The maximum Gasteiger partial charge on any atom is 0.166 e. The molecule has 1 atom stereocenters. The lowest BCUT2D eigenvalue weighted by atomic mass is 10.3. The van der Waals surface area contributed by atoms with E-state index in [4.69, 9.17) is 10.5 Å². The number of ether oxygens (including phenoxy) is 1. The smallest absolute Gasteiger partial charge is 0.166 e. The molecule has 0 fully saturated rings. The summed E-state index contributed by atoms with van der Waals surface area (Å²) in [5, 5.41) is 7.65. The molecule has 0 radical (unpaired) electrons. The van der Waals surface area contributed by atoms with Gasteiger partial charge in [0.25, 0.3) is 0 Å². The number of aromatic nitrogens is 4. The lowest BCUT2D eigenvalue weighted by Crippen LogP contribution is -2.10. The molecule has 0 aliphatic heterocycles. The van der Waals surface area contributed by atoms with Gasteiger partial charge in [0.05, 0.1) is 11.9 Å². The first-order valence-corrected chi connectivity index (χ1v) is 5.79. The second-order valence-electron chi connectivity index (χ2n) is 3.58. The van der Waals surface area contributed by atoms with Crippen LogP contribution in [-0.2, 0) is 7.05 Å². The van der Waals surface area contributed by atoms with Crippen molar-refractivity contribution in [3.63, 3.8) is 0 Å². The van der Waals surface area contributed by atoms with Crippen LogP contribution in [-0.4, -0.2) is 20.0 Å². The van der Waals surface area contributed by atoms with E-state index < -0.39 is 0 Å². The molecule has 2 aromatic heterocycles. The van der Waals surface area contributed by atoms with Crippen molar-refractivity contribution in [2.75, 3.05) is 5.73 Å². The summed E-state index contributed by atoms with van der Waals surface area (Å²) in [7, 11) is 1.81. The standard InChI is InChI=1S/C10H12BrN5O/c1-6(8-5-14-15-16(8)2)17-9-3-7(11)4-13-10(9)12/h3-6H,1-2H3,(H2,12,13)/t6-/m1/s1. The molecule has 0 amide bonds. The molecule has 2 heterocycles. The first-order valence-electron chi connectivity index (χ1n) is 5.00. The number of anilines is 1. The number of nitrogens with zero attached hydrogens (tertiary/aromatic N) is 4. The maximum absolute atomic E-state index is 5.73. The van der Waals surface area contributed by atoms with Crippen LogP contribution < -0.4 is 10.5 Å². The fourth-order valence-electron chi connectivity index (χ4n) is 1.44. The Morgan fingerprint density at radius 3 is 2.88 bits per heavy atom. The van der Waals surface area contributed by atoms with Gasteiger partial charge >= 0.3 is 0 Å². The number of aryl methyl sites for hydroxylation is 1. The van der Waals surface area contributed by atoms with E-state index in [2.05, 4.69) is 31.2 Å². The SMILES string of the molecule is C[C@@H](Oc1cc(Br)cnc1N)c1cnnn1C. The van der Waals surface area contributed by atoms with Crippen molar-refractivity contribution in [2.45, 2.75) is 13.0 Å². The van der Waals surface area contributed by atoms with Crippen LogP contribution in [0.5, 0.6) is 5.75 Å². The Labute approximate surface area is 107 Å². The summed E-state index contributed by atoms with van der Waals surface area (Å²) in [5.74, 6) is 0.892. The molecular formula is C10H12BrN5O. The van der Waals surface area contributed by atoms with Crippen LogP contribution in [0.25, 0.3) is 0 Å². The van der Waals surface area contributed by atoms with E-state index in [1.165, 1.54) is 0 Å². The average Bonchev–Trinajstić information content (AvgIpc) is 2.70. The summed E-state index contributed by atoms with van der Waals surface area (Å²) < 4.78 is 8.21. The van der Waals surface area contributed by atoms with Crippen LogP contribution in [0.15, 0.2) is 22.9 Å². The number of pyridine rings is 1. The summed E-state index contributed by atoms with van der Waals surface area (Å²) >= 11 is 3.32. The van der Waals surface area contributed by atoms with Gasteiger partial charge in [-0.25, -0.2) is 9.67 Å². The molecule has 90 valence electrons. The van der Waals surface area contributed by atoms with Crippen molar-refractivity contribution < 1.29 is 4.74 Å².